The van der Waals surface area contributed by atoms with Crippen molar-refractivity contribution in [3.05, 3.63) is 23.9 Å². The standard InChI is InChI=1S/C13H19N5OS2/c1-18(2)12-16-17-13(21-12)20-11-10(5-4-6-15-11)9-14-7-8-19-3/h4-6,14H,7-9H2,1-3H3. The molecular weight excluding hydrogens is 306 g/mol. The van der Waals surface area contributed by atoms with Gasteiger partial charge in [0, 0.05) is 40.5 Å². The average molecular weight is 325 g/mol. The van der Waals surface area contributed by atoms with Crippen LogP contribution < -0.4 is 10.2 Å². The van der Waals surface area contributed by atoms with E-state index in [0.29, 0.717) is 6.61 Å². The number of nitrogens with one attached hydrogen (secondary N) is 1. The fourth-order valence-electron chi connectivity index (χ4n) is 1.56. The van der Waals surface area contributed by atoms with Crippen LogP contribution in [0.3, 0.4) is 0 Å². The first-order valence-electron chi connectivity index (χ1n) is 6.53. The molecule has 8 heteroatoms. The topological polar surface area (TPSA) is 63.2 Å². The van der Waals surface area contributed by atoms with Crippen LogP contribution >= 0.6 is 23.1 Å². The van der Waals surface area contributed by atoms with E-state index in [-0.39, 0.29) is 0 Å². The molecular formula is C13H19N5OS2. The fraction of sp³-hybridized carbons (Fsp3) is 0.462. The summed E-state index contributed by atoms with van der Waals surface area (Å²) in [5, 5.41) is 13.5. The van der Waals surface area contributed by atoms with Gasteiger partial charge in [0.15, 0.2) is 4.34 Å². The molecule has 6 nitrogen and oxygen atoms in total. The molecule has 0 aliphatic heterocycles. The average Bonchev–Trinajstić information content (AvgIpc) is 2.94. The number of hydrogen-bond acceptors (Lipinski definition) is 8. The molecule has 0 aliphatic rings. The van der Waals surface area contributed by atoms with Gasteiger partial charge in [-0.3, -0.25) is 0 Å². The van der Waals surface area contributed by atoms with Crippen molar-refractivity contribution in [3.63, 3.8) is 0 Å². The summed E-state index contributed by atoms with van der Waals surface area (Å²) in [5.74, 6) is 0. The zero-order chi connectivity index (χ0) is 15.1. The van der Waals surface area contributed by atoms with Gasteiger partial charge in [-0.1, -0.05) is 17.4 Å². The molecule has 0 unspecified atom stereocenters. The molecule has 2 aromatic heterocycles. The highest BCUT2D eigenvalue weighted by Gasteiger charge is 2.11. The van der Waals surface area contributed by atoms with E-state index >= 15 is 0 Å². The lowest BCUT2D eigenvalue weighted by Crippen LogP contribution is -2.19. The SMILES string of the molecule is COCCNCc1cccnc1Sc1nnc(N(C)C)s1. The number of ether oxygens (including phenoxy) is 1. The summed E-state index contributed by atoms with van der Waals surface area (Å²) in [6.45, 7) is 2.28. The summed E-state index contributed by atoms with van der Waals surface area (Å²) in [7, 11) is 5.62. The molecule has 2 rings (SSSR count). The highest BCUT2D eigenvalue weighted by atomic mass is 32.2. The van der Waals surface area contributed by atoms with Crippen molar-refractivity contribution in [3.8, 4) is 0 Å². The highest BCUT2D eigenvalue weighted by molar-refractivity contribution is 8.01. The lowest BCUT2D eigenvalue weighted by atomic mass is 10.3. The molecule has 0 aliphatic carbocycles. The molecule has 0 amide bonds. The van der Waals surface area contributed by atoms with E-state index < -0.39 is 0 Å². The van der Waals surface area contributed by atoms with Crippen LogP contribution in [0.5, 0.6) is 0 Å². The maximum absolute atomic E-state index is 5.03. The van der Waals surface area contributed by atoms with Gasteiger partial charge >= 0.3 is 0 Å². The number of nitrogens with zero attached hydrogens (tertiary/aromatic N) is 4. The predicted molar refractivity (Wildman–Crippen MR) is 86.2 cm³/mol. The Labute approximate surface area is 132 Å². The molecule has 0 spiro atoms. The normalized spacial score (nSPS) is 10.8. The molecule has 0 atom stereocenters. The van der Waals surface area contributed by atoms with Gasteiger partial charge in [-0.05, 0) is 23.4 Å². The predicted octanol–water partition coefficient (Wildman–Crippen LogP) is 1.89. The van der Waals surface area contributed by atoms with Gasteiger partial charge in [0.1, 0.15) is 5.03 Å². The maximum Gasteiger partial charge on any atom is 0.208 e. The maximum atomic E-state index is 5.03. The van der Waals surface area contributed by atoms with Crippen LogP contribution in [0.25, 0.3) is 0 Å². The Morgan fingerprint density at radius 3 is 2.95 bits per heavy atom. The quantitative estimate of drug-likeness (QED) is 0.744. The van der Waals surface area contributed by atoms with Gasteiger partial charge < -0.3 is 15.0 Å². The first kappa shape index (κ1) is 16.2. The van der Waals surface area contributed by atoms with E-state index in [1.54, 1.807) is 36.4 Å². The summed E-state index contributed by atoms with van der Waals surface area (Å²) in [5.41, 5.74) is 1.15. The number of pyridine rings is 1. The molecule has 0 bridgehead atoms. The molecule has 0 saturated carbocycles. The third kappa shape index (κ3) is 4.92. The van der Waals surface area contributed by atoms with E-state index in [4.69, 9.17) is 4.74 Å². The Balaban J connectivity index is 2.01. The van der Waals surface area contributed by atoms with Crippen molar-refractivity contribution in [2.24, 2.45) is 0 Å². The second-order valence-corrected chi connectivity index (χ2v) is 6.68. The van der Waals surface area contributed by atoms with Crippen molar-refractivity contribution in [1.29, 1.82) is 0 Å². The summed E-state index contributed by atoms with van der Waals surface area (Å²) in [4.78, 5) is 6.40. The first-order valence-corrected chi connectivity index (χ1v) is 8.16. The molecule has 21 heavy (non-hydrogen) atoms. The van der Waals surface area contributed by atoms with Crippen molar-refractivity contribution in [1.82, 2.24) is 20.5 Å². The van der Waals surface area contributed by atoms with E-state index in [1.165, 1.54) is 0 Å². The van der Waals surface area contributed by atoms with Gasteiger partial charge in [-0.25, -0.2) is 4.98 Å². The fourth-order valence-corrected chi connectivity index (χ4v) is 3.32. The van der Waals surface area contributed by atoms with Crippen LogP contribution in [0.1, 0.15) is 5.56 Å². The minimum Gasteiger partial charge on any atom is -0.383 e. The molecule has 0 saturated heterocycles. The number of methoxy groups -OCH3 is 1. The van der Waals surface area contributed by atoms with E-state index in [2.05, 4.69) is 26.6 Å². The number of rotatable bonds is 8. The largest absolute Gasteiger partial charge is 0.383 e. The summed E-state index contributed by atoms with van der Waals surface area (Å²) >= 11 is 3.11. The zero-order valence-corrected chi connectivity index (χ0v) is 14.0. The zero-order valence-electron chi connectivity index (χ0n) is 12.4. The number of anilines is 1. The molecule has 114 valence electrons. The Morgan fingerprint density at radius 1 is 1.38 bits per heavy atom. The lowest BCUT2D eigenvalue weighted by molar-refractivity contribution is 0.199. The van der Waals surface area contributed by atoms with Gasteiger partial charge in [-0.2, -0.15) is 0 Å². The third-order valence-electron chi connectivity index (χ3n) is 2.61. The first-order chi connectivity index (χ1) is 10.2. The van der Waals surface area contributed by atoms with Crippen molar-refractivity contribution in [2.45, 2.75) is 15.9 Å². The molecule has 2 aromatic rings. The lowest BCUT2D eigenvalue weighted by Gasteiger charge is -2.07. The molecule has 1 N–H and O–H groups in total. The van der Waals surface area contributed by atoms with E-state index in [1.807, 2.05) is 25.1 Å². The van der Waals surface area contributed by atoms with Crippen LogP contribution in [-0.2, 0) is 11.3 Å². The van der Waals surface area contributed by atoms with Crippen molar-refractivity contribution < 1.29 is 4.74 Å². The second kappa shape index (κ2) is 8.28. The van der Waals surface area contributed by atoms with Gasteiger partial charge in [0.25, 0.3) is 0 Å². The Kier molecular flexibility index (Phi) is 6.37. The van der Waals surface area contributed by atoms with Crippen LogP contribution in [0.4, 0.5) is 5.13 Å². The second-order valence-electron chi connectivity index (χ2n) is 4.48. The number of hydrogen-bond donors (Lipinski definition) is 1. The minimum atomic E-state index is 0.700. The third-order valence-corrected chi connectivity index (χ3v) is 4.81. The monoisotopic (exact) mass is 325 g/mol. The molecule has 0 fully saturated rings. The summed E-state index contributed by atoms with van der Waals surface area (Å²) < 4.78 is 5.92. The Hall–Kier alpha value is -1.22. The highest BCUT2D eigenvalue weighted by Crippen LogP contribution is 2.33. The van der Waals surface area contributed by atoms with E-state index in [9.17, 15) is 0 Å². The summed E-state index contributed by atoms with van der Waals surface area (Å²) in [6, 6.07) is 4.02. The Bertz CT molecular complexity index is 561. The van der Waals surface area contributed by atoms with Gasteiger partial charge in [0.05, 0.1) is 6.61 Å². The molecule has 0 aromatic carbocycles. The van der Waals surface area contributed by atoms with Crippen molar-refractivity contribution in [2.75, 3.05) is 39.3 Å². The number of aromatic nitrogens is 3. The van der Waals surface area contributed by atoms with Gasteiger partial charge in [0.2, 0.25) is 5.13 Å². The molecule has 2 heterocycles. The van der Waals surface area contributed by atoms with Crippen LogP contribution in [0.15, 0.2) is 27.7 Å². The Morgan fingerprint density at radius 2 is 2.24 bits per heavy atom. The minimum absolute atomic E-state index is 0.700. The van der Waals surface area contributed by atoms with Crippen LogP contribution in [0.2, 0.25) is 0 Å². The van der Waals surface area contributed by atoms with Gasteiger partial charge in [-0.15, -0.1) is 10.2 Å². The summed E-state index contributed by atoms with van der Waals surface area (Å²) in [6.07, 6.45) is 1.80. The van der Waals surface area contributed by atoms with Crippen molar-refractivity contribution >= 4 is 28.2 Å². The molecule has 0 radical (unpaired) electrons. The smallest absolute Gasteiger partial charge is 0.208 e. The van der Waals surface area contributed by atoms with Crippen LogP contribution in [-0.4, -0.2) is 49.5 Å². The van der Waals surface area contributed by atoms with Crippen LogP contribution in [0, 0.1) is 0 Å². The van der Waals surface area contributed by atoms with E-state index in [0.717, 1.165) is 33.2 Å².